The Kier molecular flexibility index (Phi) is 3.14. The van der Waals surface area contributed by atoms with Crippen molar-refractivity contribution in [2.75, 3.05) is 0 Å². The zero-order valence-corrected chi connectivity index (χ0v) is 10.6. The predicted molar refractivity (Wildman–Crippen MR) is 66.9 cm³/mol. The first-order chi connectivity index (χ1) is 8.49. The molecular weight excluding hydrogens is 230 g/mol. The minimum absolute atomic E-state index is 0.100. The van der Waals surface area contributed by atoms with Gasteiger partial charge in [0.15, 0.2) is 0 Å². The number of carboxylic acids is 1. The molecule has 0 atom stereocenters. The Balaban J connectivity index is 2.48. The Morgan fingerprint density at radius 1 is 1.33 bits per heavy atom. The van der Waals surface area contributed by atoms with E-state index in [-0.39, 0.29) is 6.42 Å². The Morgan fingerprint density at radius 2 is 2.06 bits per heavy atom. The third kappa shape index (κ3) is 2.25. The summed E-state index contributed by atoms with van der Waals surface area (Å²) in [6.45, 7) is 5.83. The van der Waals surface area contributed by atoms with Gasteiger partial charge in [-0.15, -0.1) is 5.10 Å². The van der Waals surface area contributed by atoms with E-state index in [0.29, 0.717) is 5.69 Å². The third-order valence-corrected chi connectivity index (χ3v) is 2.90. The highest BCUT2D eigenvalue weighted by Crippen LogP contribution is 2.18. The van der Waals surface area contributed by atoms with Crippen molar-refractivity contribution in [2.24, 2.45) is 0 Å². The number of aryl methyl sites for hydroxylation is 2. The van der Waals surface area contributed by atoms with Gasteiger partial charge in [-0.25, -0.2) is 4.68 Å². The van der Waals surface area contributed by atoms with Crippen molar-refractivity contribution in [3.05, 3.63) is 40.7 Å². The van der Waals surface area contributed by atoms with Gasteiger partial charge in [0.2, 0.25) is 0 Å². The van der Waals surface area contributed by atoms with Crippen molar-refractivity contribution in [3.63, 3.8) is 0 Å². The van der Waals surface area contributed by atoms with E-state index < -0.39 is 5.97 Å². The molecule has 0 radical (unpaired) electrons. The predicted octanol–water partition coefficient (Wildman–Crippen LogP) is 1.82. The van der Waals surface area contributed by atoms with Gasteiger partial charge in [0.05, 0.1) is 23.5 Å². The van der Waals surface area contributed by atoms with Crippen LogP contribution in [-0.2, 0) is 11.2 Å². The Labute approximate surface area is 105 Å². The second kappa shape index (κ2) is 4.60. The molecule has 0 aliphatic carbocycles. The zero-order chi connectivity index (χ0) is 13.3. The summed E-state index contributed by atoms with van der Waals surface area (Å²) in [7, 11) is 0. The van der Waals surface area contributed by atoms with Crippen molar-refractivity contribution < 1.29 is 9.90 Å². The van der Waals surface area contributed by atoms with Crippen LogP contribution in [-0.4, -0.2) is 26.1 Å². The largest absolute Gasteiger partial charge is 0.481 e. The van der Waals surface area contributed by atoms with Crippen molar-refractivity contribution in [2.45, 2.75) is 27.2 Å². The number of carbonyl (C=O) groups is 1. The molecule has 0 aliphatic heterocycles. The van der Waals surface area contributed by atoms with Crippen LogP contribution in [0.1, 0.15) is 22.5 Å². The average molecular weight is 245 g/mol. The Morgan fingerprint density at radius 3 is 2.72 bits per heavy atom. The van der Waals surface area contributed by atoms with E-state index in [1.165, 1.54) is 0 Å². The van der Waals surface area contributed by atoms with Crippen molar-refractivity contribution in [3.8, 4) is 5.69 Å². The summed E-state index contributed by atoms with van der Waals surface area (Å²) in [5.74, 6) is -0.897. The average Bonchev–Trinajstić information content (AvgIpc) is 2.64. The van der Waals surface area contributed by atoms with Crippen LogP contribution >= 0.6 is 0 Å². The molecule has 1 aromatic carbocycles. The molecule has 0 spiro atoms. The molecular formula is C13H15N3O2. The number of aliphatic carboxylic acids is 1. The maximum atomic E-state index is 10.7. The highest BCUT2D eigenvalue weighted by molar-refractivity contribution is 5.69. The smallest absolute Gasteiger partial charge is 0.309 e. The van der Waals surface area contributed by atoms with E-state index in [1.54, 1.807) is 4.68 Å². The molecule has 0 amide bonds. The first-order valence-corrected chi connectivity index (χ1v) is 5.69. The fraction of sp³-hybridized carbons (Fsp3) is 0.308. The number of hydrogen-bond acceptors (Lipinski definition) is 3. The van der Waals surface area contributed by atoms with E-state index in [9.17, 15) is 4.79 Å². The summed E-state index contributed by atoms with van der Waals surface area (Å²) in [6, 6.07) is 6.06. The highest BCUT2D eigenvalue weighted by atomic mass is 16.4. The van der Waals surface area contributed by atoms with Crippen molar-refractivity contribution in [1.29, 1.82) is 0 Å². The van der Waals surface area contributed by atoms with Crippen LogP contribution in [0.5, 0.6) is 0 Å². The molecule has 94 valence electrons. The molecule has 0 bridgehead atoms. The number of hydrogen-bond donors (Lipinski definition) is 1. The first-order valence-electron chi connectivity index (χ1n) is 5.69. The lowest BCUT2D eigenvalue weighted by molar-refractivity contribution is -0.136. The van der Waals surface area contributed by atoms with Gasteiger partial charge in [0, 0.05) is 0 Å². The molecule has 5 nitrogen and oxygen atoms in total. The van der Waals surface area contributed by atoms with Gasteiger partial charge >= 0.3 is 5.97 Å². The minimum atomic E-state index is -0.897. The first kappa shape index (κ1) is 12.3. The van der Waals surface area contributed by atoms with Gasteiger partial charge in [-0.2, -0.15) is 0 Å². The highest BCUT2D eigenvalue weighted by Gasteiger charge is 2.14. The fourth-order valence-electron chi connectivity index (χ4n) is 1.84. The Bertz CT molecular complexity index is 602. The number of aromatic nitrogens is 3. The van der Waals surface area contributed by atoms with Crippen LogP contribution in [0.3, 0.4) is 0 Å². The van der Waals surface area contributed by atoms with Gasteiger partial charge in [-0.05, 0) is 38.0 Å². The van der Waals surface area contributed by atoms with Crippen LogP contribution in [0.2, 0.25) is 0 Å². The molecule has 0 saturated heterocycles. The zero-order valence-electron chi connectivity index (χ0n) is 10.6. The number of benzene rings is 1. The summed E-state index contributed by atoms with van der Waals surface area (Å²) < 4.78 is 1.70. The van der Waals surface area contributed by atoms with Crippen LogP contribution in [0, 0.1) is 20.8 Å². The van der Waals surface area contributed by atoms with E-state index in [0.717, 1.165) is 22.5 Å². The maximum absolute atomic E-state index is 10.7. The molecule has 0 fully saturated rings. The molecule has 2 rings (SSSR count). The summed E-state index contributed by atoms with van der Waals surface area (Å²) in [5, 5.41) is 16.8. The van der Waals surface area contributed by atoms with Gasteiger partial charge < -0.3 is 5.11 Å². The van der Waals surface area contributed by atoms with Gasteiger partial charge in [0.25, 0.3) is 0 Å². The third-order valence-electron chi connectivity index (χ3n) is 2.90. The lowest BCUT2D eigenvalue weighted by Gasteiger charge is -2.08. The fourth-order valence-corrected chi connectivity index (χ4v) is 1.84. The normalized spacial score (nSPS) is 10.6. The molecule has 0 saturated carbocycles. The van der Waals surface area contributed by atoms with Gasteiger partial charge in [-0.3, -0.25) is 4.79 Å². The van der Waals surface area contributed by atoms with E-state index in [1.807, 2.05) is 39.0 Å². The molecule has 1 heterocycles. The second-order valence-electron chi connectivity index (χ2n) is 4.39. The van der Waals surface area contributed by atoms with Crippen LogP contribution < -0.4 is 0 Å². The van der Waals surface area contributed by atoms with Crippen LogP contribution in [0.15, 0.2) is 18.2 Å². The quantitative estimate of drug-likeness (QED) is 0.895. The summed E-state index contributed by atoms with van der Waals surface area (Å²) >= 11 is 0. The molecule has 1 aromatic heterocycles. The van der Waals surface area contributed by atoms with Crippen LogP contribution in [0.25, 0.3) is 5.69 Å². The minimum Gasteiger partial charge on any atom is -0.481 e. The summed E-state index contributed by atoms with van der Waals surface area (Å²) in [6.07, 6.45) is -0.100. The number of rotatable bonds is 3. The van der Waals surface area contributed by atoms with Gasteiger partial charge in [-0.1, -0.05) is 17.3 Å². The standard InChI is InChI=1S/C13H15N3O2/c1-8-4-5-9(2)12(6-8)16-10(3)11(14-15-16)7-13(17)18/h4-6H,7H2,1-3H3,(H,17,18). The molecule has 0 aliphatic rings. The molecule has 5 heteroatoms. The maximum Gasteiger partial charge on any atom is 0.309 e. The Hall–Kier alpha value is -2.17. The topological polar surface area (TPSA) is 68.0 Å². The molecule has 0 unspecified atom stereocenters. The van der Waals surface area contributed by atoms with E-state index in [4.69, 9.17) is 5.11 Å². The molecule has 1 N–H and O–H groups in total. The van der Waals surface area contributed by atoms with E-state index in [2.05, 4.69) is 10.3 Å². The monoisotopic (exact) mass is 245 g/mol. The van der Waals surface area contributed by atoms with Crippen molar-refractivity contribution in [1.82, 2.24) is 15.0 Å². The lowest BCUT2D eigenvalue weighted by Crippen LogP contribution is -2.04. The van der Waals surface area contributed by atoms with E-state index >= 15 is 0 Å². The SMILES string of the molecule is Cc1ccc(C)c(-n2nnc(CC(=O)O)c2C)c1. The summed E-state index contributed by atoms with van der Waals surface area (Å²) in [5.41, 5.74) is 4.42. The lowest BCUT2D eigenvalue weighted by atomic mass is 10.1. The second-order valence-corrected chi connectivity index (χ2v) is 4.39. The molecule has 2 aromatic rings. The number of nitrogens with zero attached hydrogens (tertiary/aromatic N) is 3. The van der Waals surface area contributed by atoms with Crippen LogP contribution in [0.4, 0.5) is 0 Å². The summed E-state index contributed by atoms with van der Waals surface area (Å²) in [4.78, 5) is 10.7. The number of carboxylic acid groups (broad SMARTS) is 1. The van der Waals surface area contributed by atoms with Gasteiger partial charge in [0.1, 0.15) is 0 Å². The van der Waals surface area contributed by atoms with Crippen molar-refractivity contribution >= 4 is 5.97 Å². The molecule has 18 heavy (non-hydrogen) atoms.